The largest absolute Gasteiger partial charge is 0.393 e. The fraction of sp³-hybridized carbons (Fsp3) is 0.882. The van der Waals surface area contributed by atoms with Crippen molar-refractivity contribution in [2.45, 2.75) is 78.2 Å². The molecule has 1 aliphatic rings. The van der Waals surface area contributed by atoms with Gasteiger partial charge in [0.05, 0.1) is 6.10 Å². The fourth-order valence-electron chi connectivity index (χ4n) is 3.22. The lowest BCUT2D eigenvalue weighted by Gasteiger charge is -2.40. The van der Waals surface area contributed by atoms with Crippen LogP contribution in [-0.2, 0) is 0 Å². The summed E-state index contributed by atoms with van der Waals surface area (Å²) in [7, 11) is 0. The third-order valence-corrected chi connectivity index (χ3v) is 4.65. The molecule has 0 radical (unpaired) electrons. The number of rotatable bonds is 6. The van der Waals surface area contributed by atoms with E-state index in [9.17, 15) is 5.11 Å². The summed E-state index contributed by atoms with van der Waals surface area (Å²) in [6.45, 7) is 10.8. The van der Waals surface area contributed by atoms with Crippen LogP contribution in [0.25, 0.3) is 0 Å². The lowest BCUT2D eigenvalue weighted by molar-refractivity contribution is 0.0148. The van der Waals surface area contributed by atoms with Gasteiger partial charge in [-0.3, -0.25) is 0 Å². The van der Waals surface area contributed by atoms with Crippen LogP contribution in [0, 0.1) is 17.3 Å². The van der Waals surface area contributed by atoms with Gasteiger partial charge in [0.15, 0.2) is 0 Å². The molecule has 1 aliphatic carbocycles. The molecule has 1 rings (SSSR count). The summed E-state index contributed by atoms with van der Waals surface area (Å²) in [6, 6.07) is 0. The molecule has 1 N–H and O–H groups in total. The average Bonchev–Trinajstić information content (AvgIpc) is 2.29. The van der Waals surface area contributed by atoms with E-state index < -0.39 is 0 Å². The van der Waals surface area contributed by atoms with Crippen molar-refractivity contribution in [3.63, 3.8) is 0 Å². The molecular formula is C17H32O. The number of unbranched alkanes of at least 4 members (excludes halogenated alkanes) is 3. The summed E-state index contributed by atoms with van der Waals surface area (Å²) in [5, 5.41) is 10.1. The van der Waals surface area contributed by atoms with Crippen LogP contribution in [0.2, 0.25) is 0 Å². The molecule has 0 spiro atoms. The Labute approximate surface area is 114 Å². The minimum absolute atomic E-state index is 0.0389. The summed E-state index contributed by atoms with van der Waals surface area (Å²) < 4.78 is 0. The van der Waals surface area contributed by atoms with Crippen molar-refractivity contribution in [3.8, 4) is 0 Å². The highest BCUT2D eigenvalue weighted by atomic mass is 16.3. The molecule has 0 aromatic rings. The summed E-state index contributed by atoms with van der Waals surface area (Å²) in [5.74, 6) is 1.34. The number of allylic oxidation sites excluding steroid dienone is 1. The first-order valence-electron chi connectivity index (χ1n) is 7.74. The molecule has 0 aromatic carbocycles. The molecule has 0 aromatic heterocycles. The average molecular weight is 252 g/mol. The monoisotopic (exact) mass is 252 g/mol. The highest BCUT2D eigenvalue weighted by Crippen LogP contribution is 2.41. The van der Waals surface area contributed by atoms with E-state index in [-0.39, 0.29) is 6.10 Å². The van der Waals surface area contributed by atoms with Crippen molar-refractivity contribution in [1.29, 1.82) is 0 Å². The van der Waals surface area contributed by atoms with Gasteiger partial charge in [-0.1, -0.05) is 39.7 Å². The second-order valence-electron chi connectivity index (χ2n) is 7.13. The fourth-order valence-corrected chi connectivity index (χ4v) is 3.22. The quantitative estimate of drug-likeness (QED) is 0.524. The van der Waals surface area contributed by atoms with Crippen LogP contribution in [0.1, 0.15) is 72.1 Å². The van der Waals surface area contributed by atoms with Crippen LogP contribution in [0.4, 0.5) is 0 Å². The Morgan fingerprint density at radius 2 is 1.89 bits per heavy atom. The molecule has 0 heterocycles. The Morgan fingerprint density at radius 3 is 2.50 bits per heavy atom. The van der Waals surface area contributed by atoms with Crippen LogP contribution in [0.5, 0.6) is 0 Å². The molecule has 1 nitrogen and oxygen atoms in total. The molecule has 0 saturated heterocycles. The zero-order chi connectivity index (χ0) is 13.6. The number of aliphatic hydroxyl groups excluding tert-OH is 1. The van der Waals surface area contributed by atoms with E-state index in [2.05, 4.69) is 27.4 Å². The van der Waals surface area contributed by atoms with Crippen molar-refractivity contribution in [3.05, 3.63) is 12.7 Å². The normalized spacial score (nSPS) is 29.2. The molecule has 106 valence electrons. The maximum atomic E-state index is 10.1. The smallest absolute Gasteiger partial charge is 0.0568 e. The third-order valence-electron chi connectivity index (χ3n) is 4.65. The Hall–Kier alpha value is -0.300. The van der Waals surface area contributed by atoms with Gasteiger partial charge in [0.25, 0.3) is 0 Å². The zero-order valence-electron chi connectivity index (χ0n) is 12.6. The van der Waals surface area contributed by atoms with Gasteiger partial charge >= 0.3 is 0 Å². The van der Waals surface area contributed by atoms with Crippen molar-refractivity contribution < 1.29 is 5.11 Å². The highest BCUT2D eigenvalue weighted by molar-refractivity contribution is 4.85. The summed E-state index contributed by atoms with van der Waals surface area (Å²) in [4.78, 5) is 0. The first-order chi connectivity index (χ1) is 8.45. The standard InChI is InChI=1S/C17H32O/c1-5-6-7-8-9-10-14-13-15(17(2,3)4)11-12-16(14)18/h5,14-16,18H,1,6-13H2,2-4H3. The maximum absolute atomic E-state index is 10.1. The van der Waals surface area contributed by atoms with E-state index in [1.165, 1.54) is 38.5 Å². The van der Waals surface area contributed by atoms with E-state index in [1.54, 1.807) is 0 Å². The van der Waals surface area contributed by atoms with Gasteiger partial charge in [-0.15, -0.1) is 6.58 Å². The molecule has 0 aliphatic heterocycles. The highest BCUT2D eigenvalue weighted by Gasteiger charge is 2.34. The Balaban J connectivity index is 2.31. The van der Waals surface area contributed by atoms with E-state index >= 15 is 0 Å². The van der Waals surface area contributed by atoms with Crippen LogP contribution in [-0.4, -0.2) is 11.2 Å². The SMILES string of the molecule is C=CCCCCCC1CC(C(C)(C)C)CCC1O. The molecule has 3 atom stereocenters. The first-order valence-corrected chi connectivity index (χ1v) is 7.74. The van der Waals surface area contributed by atoms with Crippen molar-refractivity contribution in [2.75, 3.05) is 0 Å². The lowest BCUT2D eigenvalue weighted by Crippen LogP contribution is -2.34. The Kier molecular flexibility index (Phi) is 6.42. The van der Waals surface area contributed by atoms with Crippen LogP contribution in [0.15, 0.2) is 12.7 Å². The Morgan fingerprint density at radius 1 is 1.17 bits per heavy atom. The van der Waals surface area contributed by atoms with E-state index in [0.29, 0.717) is 11.3 Å². The number of hydrogen-bond donors (Lipinski definition) is 1. The predicted octanol–water partition coefficient (Wildman–Crippen LogP) is 4.95. The number of aliphatic hydroxyl groups is 1. The molecule has 0 amide bonds. The van der Waals surface area contributed by atoms with Crippen molar-refractivity contribution >= 4 is 0 Å². The minimum atomic E-state index is -0.0389. The molecule has 1 fully saturated rings. The van der Waals surface area contributed by atoms with Gasteiger partial charge in [0, 0.05) is 0 Å². The molecule has 1 saturated carbocycles. The van der Waals surface area contributed by atoms with E-state index in [4.69, 9.17) is 0 Å². The third kappa shape index (κ3) is 5.14. The van der Waals surface area contributed by atoms with Gasteiger partial charge in [-0.2, -0.15) is 0 Å². The summed E-state index contributed by atoms with van der Waals surface area (Å²) >= 11 is 0. The van der Waals surface area contributed by atoms with Gasteiger partial charge in [0.1, 0.15) is 0 Å². The van der Waals surface area contributed by atoms with E-state index in [0.717, 1.165) is 18.8 Å². The second kappa shape index (κ2) is 7.33. The van der Waals surface area contributed by atoms with Crippen LogP contribution in [0.3, 0.4) is 0 Å². The van der Waals surface area contributed by atoms with Crippen molar-refractivity contribution in [1.82, 2.24) is 0 Å². The summed E-state index contributed by atoms with van der Waals surface area (Å²) in [5.41, 5.74) is 0.404. The van der Waals surface area contributed by atoms with Crippen LogP contribution < -0.4 is 0 Å². The minimum Gasteiger partial charge on any atom is -0.393 e. The van der Waals surface area contributed by atoms with Crippen LogP contribution >= 0.6 is 0 Å². The molecule has 18 heavy (non-hydrogen) atoms. The first kappa shape index (κ1) is 15.8. The molecular weight excluding hydrogens is 220 g/mol. The molecule has 0 bridgehead atoms. The predicted molar refractivity (Wildman–Crippen MR) is 79.6 cm³/mol. The van der Waals surface area contributed by atoms with Crippen molar-refractivity contribution in [2.24, 2.45) is 17.3 Å². The van der Waals surface area contributed by atoms with Gasteiger partial charge in [-0.05, 0) is 55.8 Å². The Bertz CT molecular complexity index is 238. The maximum Gasteiger partial charge on any atom is 0.0568 e. The molecule has 1 heteroatoms. The summed E-state index contributed by atoms with van der Waals surface area (Å²) in [6.07, 6.45) is 11.6. The second-order valence-corrected chi connectivity index (χ2v) is 7.13. The molecule has 3 unspecified atom stereocenters. The topological polar surface area (TPSA) is 20.2 Å². The van der Waals surface area contributed by atoms with Gasteiger partial charge < -0.3 is 5.11 Å². The van der Waals surface area contributed by atoms with Gasteiger partial charge in [0.2, 0.25) is 0 Å². The van der Waals surface area contributed by atoms with Gasteiger partial charge in [-0.25, -0.2) is 0 Å². The van der Waals surface area contributed by atoms with E-state index in [1.807, 2.05) is 6.08 Å². The lowest BCUT2D eigenvalue weighted by atomic mass is 9.67. The number of hydrogen-bond acceptors (Lipinski definition) is 1. The zero-order valence-corrected chi connectivity index (χ0v) is 12.6.